The van der Waals surface area contributed by atoms with Gasteiger partial charge in [-0.2, -0.15) is 0 Å². The Kier molecular flexibility index (Phi) is 4.07. The highest BCUT2D eigenvalue weighted by molar-refractivity contribution is 5.67. The number of benzene rings is 1. The second-order valence-electron chi connectivity index (χ2n) is 5.23. The average molecular weight is 252 g/mol. The topological polar surface area (TPSA) is 58.3 Å². The van der Waals surface area contributed by atoms with Crippen molar-refractivity contribution in [1.82, 2.24) is 0 Å². The van der Waals surface area contributed by atoms with Crippen LogP contribution in [0.4, 0.5) is 15.8 Å². The van der Waals surface area contributed by atoms with Gasteiger partial charge in [0.15, 0.2) is 0 Å². The summed E-state index contributed by atoms with van der Waals surface area (Å²) in [7, 11) is 0. The van der Waals surface area contributed by atoms with Crippen molar-refractivity contribution in [1.29, 1.82) is 0 Å². The Hall–Kier alpha value is -1.29. The standard InChI is InChI=1S/C14H21FN2O/c1-9-6-14(13(16)7-12(9)15)17-11-4-2-10(8-18)3-5-11/h6-7,10-11,17-18H,2-5,8,16H2,1H3. The zero-order valence-electron chi connectivity index (χ0n) is 10.7. The molecule has 18 heavy (non-hydrogen) atoms. The van der Waals surface area contributed by atoms with Crippen molar-refractivity contribution >= 4 is 11.4 Å². The van der Waals surface area contributed by atoms with Gasteiger partial charge in [-0.05, 0) is 56.2 Å². The number of halogens is 1. The smallest absolute Gasteiger partial charge is 0.128 e. The van der Waals surface area contributed by atoms with E-state index in [1.807, 2.05) is 0 Å². The molecule has 4 N–H and O–H groups in total. The van der Waals surface area contributed by atoms with Crippen LogP contribution in [0, 0.1) is 18.7 Å². The molecule has 1 aliphatic rings. The van der Waals surface area contributed by atoms with E-state index in [2.05, 4.69) is 5.32 Å². The van der Waals surface area contributed by atoms with Crippen molar-refractivity contribution in [2.24, 2.45) is 5.92 Å². The monoisotopic (exact) mass is 252 g/mol. The maximum absolute atomic E-state index is 13.3. The predicted molar refractivity (Wildman–Crippen MR) is 72.0 cm³/mol. The van der Waals surface area contributed by atoms with Crippen LogP contribution in [0.15, 0.2) is 12.1 Å². The number of aliphatic hydroxyl groups is 1. The van der Waals surface area contributed by atoms with E-state index in [-0.39, 0.29) is 12.4 Å². The summed E-state index contributed by atoms with van der Waals surface area (Å²) in [6, 6.07) is 3.51. The summed E-state index contributed by atoms with van der Waals surface area (Å²) in [4.78, 5) is 0. The first-order valence-corrected chi connectivity index (χ1v) is 6.53. The molecule has 0 aromatic heterocycles. The maximum atomic E-state index is 13.3. The van der Waals surface area contributed by atoms with Crippen molar-refractivity contribution in [2.45, 2.75) is 38.6 Å². The van der Waals surface area contributed by atoms with Gasteiger partial charge in [0.25, 0.3) is 0 Å². The molecule has 0 amide bonds. The minimum absolute atomic E-state index is 0.262. The van der Waals surface area contributed by atoms with E-state index in [1.165, 1.54) is 6.07 Å². The van der Waals surface area contributed by atoms with Crippen LogP contribution in [-0.2, 0) is 0 Å². The predicted octanol–water partition coefficient (Wildman–Crippen LogP) is 2.68. The summed E-state index contributed by atoms with van der Waals surface area (Å²) in [5, 5.41) is 12.5. The second kappa shape index (κ2) is 5.57. The summed E-state index contributed by atoms with van der Waals surface area (Å²) in [5.74, 6) is 0.178. The van der Waals surface area contributed by atoms with E-state index < -0.39 is 0 Å². The molecule has 0 atom stereocenters. The number of aryl methyl sites for hydroxylation is 1. The molecule has 0 aliphatic heterocycles. The van der Waals surface area contributed by atoms with Crippen LogP contribution in [0.3, 0.4) is 0 Å². The van der Waals surface area contributed by atoms with Gasteiger partial charge in [0.1, 0.15) is 5.82 Å². The van der Waals surface area contributed by atoms with Crippen molar-refractivity contribution in [2.75, 3.05) is 17.7 Å². The van der Waals surface area contributed by atoms with Crippen LogP contribution < -0.4 is 11.1 Å². The van der Waals surface area contributed by atoms with Crippen molar-refractivity contribution in [3.63, 3.8) is 0 Å². The van der Waals surface area contributed by atoms with E-state index in [1.54, 1.807) is 13.0 Å². The lowest BCUT2D eigenvalue weighted by Crippen LogP contribution is -2.27. The summed E-state index contributed by atoms with van der Waals surface area (Å²) in [5.41, 5.74) is 7.71. The molecule has 3 nitrogen and oxygen atoms in total. The summed E-state index contributed by atoms with van der Waals surface area (Å²) < 4.78 is 13.3. The molecule has 0 saturated heterocycles. The first kappa shape index (κ1) is 13.1. The molecule has 1 saturated carbocycles. The van der Waals surface area contributed by atoms with Gasteiger partial charge in [-0.1, -0.05) is 0 Å². The van der Waals surface area contributed by atoms with Gasteiger partial charge in [0, 0.05) is 12.6 Å². The average Bonchev–Trinajstić information content (AvgIpc) is 2.37. The Morgan fingerprint density at radius 1 is 1.33 bits per heavy atom. The molecule has 0 spiro atoms. The molecule has 1 aliphatic carbocycles. The Bertz CT molecular complexity index is 415. The third-order valence-corrected chi connectivity index (χ3v) is 3.80. The van der Waals surface area contributed by atoms with Gasteiger partial charge in [0.2, 0.25) is 0 Å². The fourth-order valence-electron chi connectivity index (χ4n) is 2.53. The molecule has 1 aromatic carbocycles. The number of aliphatic hydroxyl groups excluding tert-OH is 1. The zero-order valence-corrected chi connectivity index (χ0v) is 10.7. The Morgan fingerprint density at radius 3 is 2.61 bits per heavy atom. The Balaban J connectivity index is 2.00. The molecule has 4 heteroatoms. The Morgan fingerprint density at radius 2 is 2.00 bits per heavy atom. The molecule has 0 bridgehead atoms. The normalized spacial score (nSPS) is 23.9. The van der Waals surface area contributed by atoms with Gasteiger partial charge in [0.05, 0.1) is 11.4 Å². The lowest BCUT2D eigenvalue weighted by Gasteiger charge is -2.29. The SMILES string of the molecule is Cc1cc(NC2CCC(CO)CC2)c(N)cc1F. The third kappa shape index (κ3) is 2.93. The first-order valence-electron chi connectivity index (χ1n) is 6.53. The van der Waals surface area contributed by atoms with E-state index in [9.17, 15) is 4.39 Å². The highest BCUT2D eigenvalue weighted by Crippen LogP contribution is 2.29. The summed E-state index contributed by atoms with van der Waals surface area (Å²) in [6.07, 6.45) is 4.13. The van der Waals surface area contributed by atoms with E-state index in [4.69, 9.17) is 10.8 Å². The minimum atomic E-state index is -0.262. The van der Waals surface area contributed by atoms with E-state index in [0.29, 0.717) is 23.2 Å². The van der Waals surface area contributed by atoms with Crippen LogP contribution in [0.5, 0.6) is 0 Å². The fourth-order valence-corrected chi connectivity index (χ4v) is 2.53. The first-order chi connectivity index (χ1) is 8.60. The number of anilines is 2. The highest BCUT2D eigenvalue weighted by Gasteiger charge is 2.21. The van der Waals surface area contributed by atoms with Crippen molar-refractivity contribution in [3.8, 4) is 0 Å². The molecular formula is C14H21FN2O. The van der Waals surface area contributed by atoms with Gasteiger partial charge in [-0.3, -0.25) is 0 Å². The Labute approximate surface area is 107 Å². The minimum Gasteiger partial charge on any atom is -0.397 e. The lowest BCUT2D eigenvalue weighted by atomic mass is 9.86. The van der Waals surface area contributed by atoms with Crippen LogP contribution >= 0.6 is 0 Å². The molecule has 1 fully saturated rings. The zero-order chi connectivity index (χ0) is 13.1. The molecule has 0 heterocycles. The van der Waals surface area contributed by atoms with Crippen LogP contribution in [0.2, 0.25) is 0 Å². The number of hydrogen-bond acceptors (Lipinski definition) is 3. The van der Waals surface area contributed by atoms with Gasteiger partial charge >= 0.3 is 0 Å². The van der Waals surface area contributed by atoms with E-state index in [0.717, 1.165) is 31.4 Å². The quantitative estimate of drug-likeness (QED) is 0.725. The maximum Gasteiger partial charge on any atom is 0.128 e. The molecule has 1 aromatic rings. The molecule has 2 rings (SSSR count). The molecular weight excluding hydrogens is 231 g/mol. The van der Waals surface area contributed by atoms with Crippen LogP contribution in [-0.4, -0.2) is 17.8 Å². The summed E-state index contributed by atoms with van der Waals surface area (Å²) >= 11 is 0. The number of hydrogen-bond donors (Lipinski definition) is 3. The third-order valence-electron chi connectivity index (χ3n) is 3.80. The van der Waals surface area contributed by atoms with Gasteiger partial charge in [-0.15, -0.1) is 0 Å². The number of rotatable bonds is 3. The van der Waals surface area contributed by atoms with E-state index >= 15 is 0 Å². The van der Waals surface area contributed by atoms with Crippen molar-refractivity contribution in [3.05, 3.63) is 23.5 Å². The highest BCUT2D eigenvalue weighted by atomic mass is 19.1. The summed E-state index contributed by atoms with van der Waals surface area (Å²) in [6.45, 7) is 2.02. The van der Waals surface area contributed by atoms with Crippen LogP contribution in [0.1, 0.15) is 31.2 Å². The van der Waals surface area contributed by atoms with Crippen molar-refractivity contribution < 1.29 is 9.50 Å². The largest absolute Gasteiger partial charge is 0.397 e. The number of nitrogens with two attached hydrogens (primary N) is 1. The molecule has 0 unspecified atom stereocenters. The lowest BCUT2D eigenvalue weighted by molar-refractivity contribution is 0.186. The molecule has 0 radical (unpaired) electrons. The second-order valence-corrected chi connectivity index (χ2v) is 5.23. The molecule has 100 valence electrons. The fraction of sp³-hybridized carbons (Fsp3) is 0.571. The number of nitrogen functional groups attached to an aromatic ring is 1. The van der Waals surface area contributed by atoms with Crippen LogP contribution in [0.25, 0.3) is 0 Å². The van der Waals surface area contributed by atoms with Gasteiger partial charge in [-0.25, -0.2) is 4.39 Å². The number of nitrogens with one attached hydrogen (secondary N) is 1. The van der Waals surface area contributed by atoms with Gasteiger partial charge < -0.3 is 16.2 Å².